The summed E-state index contributed by atoms with van der Waals surface area (Å²) in [4.78, 5) is 14.5. The number of nitrogens with one attached hydrogen (secondary N) is 1. The number of carbonyl (C=O) groups is 1. The second-order valence-electron chi connectivity index (χ2n) is 5.95. The van der Waals surface area contributed by atoms with Crippen LogP contribution in [0, 0.1) is 5.82 Å². The van der Waals surface area contributed by atoms with Gasteiger partial charge in [0.05, 0.1) is 12.9 Å². The Labute approximate surface area is 151 Å². The molecule has 0 bridgehead atoms. The summed E-state index contributed by atoms with van der Waals surface area (Å²) in [5, 5.41) is 2.60. The van der Waals surface area contributed by atoms with E-state index in [2.05, 4.69) is 10.3 Å². The van der Waals surface area contributed by atoms with Crippen LogP contribution in [0.15, 0.2) is 67.3 Å². The van der Waals surface area contributed by atoms with Crippen molar-refractivity contribution >= 4 is 12.1 Å². The van der Waals surface area contributed by atoms with Crippen molar-refractivity contribution in [2.75, 3.05) is 5.32 Å². The van der Waals surface area contributed by atoms with Crippen LogP contribution < -0.4 is 10.1 Å². The number of aryl methyl sites for hydroxylation is 1. The van der Waals surface area contributed by atoms with Gasteiger partial charge in [0.2, 0.25) is 6.41 Å². The highest BCUT2D eigenvalue weighted by Crippen LogP contribution is 2.19. The number of nitrogens with zero attached hydrogens (tertiary/aromatic N) is 2. The number of carbonyl (C=O) groups excluding carboxylic acids is 1. The minimum absolute atomic E-state index is 0.0702. The van der Waals surface area contributed by atoms with Gasteiger partial charge < -0.3 is 14.6 Å². The monoisotopic (exact) mass is 353 g/mol. The van der Waals surface area contributed by atoms with Gasteiger partial charge in [-0.2, -0.15) is 0 Å². The molecular formula is C20H20FN3O2. The molecule has 1 N–H and O–H groups in total. The predicted octanol–water partition coefficient (Wildman–Crippen LogP) is 3.67. The van der Waals surface area contributed by atoms with Gasteiger partial charge in [0.25, 0.3) is 0 Å². The van der Waals surface area contributed by atoms with Gasteiger partial charge in [-0.05, 0) is 54.8 Å². The number of hydrogen-bond donors (Lipinski definition) is 1. The average molecular weight is 353 g/mol. The van der Waals surface area contributed by atoms with E-state index in [0.29, 0.717) is 18.6 Å². The molecule has 1 amide bonds. The molecule has 5 nitrogen and oxygen atoms in total. The lowest BCUT2D eigenvalue weighted by Crippen LogP contribution is -2.23. The Hall–Kier alpha value is -3.15. The minimum Gasteiger partial charge on any atom is -0.489 e. The van der Waals surface area contributed by atoms with Crippen LogP contribution in [0.2, 0.25) is 0 Å². The van der Waals surface area contributed by atoms with Gasteiger partial charge >= 0.3 is 0 Å². The fourth-order valence-electron chi connectivity index (χ4n) is 2.69. The molecule has 26 heavy (non-hydrogen) atoms. The molecule has 0 aliphatic carbocycles. The molecule has 0 spiro atoms. The Morgan fingerprint density at radius 1 is 1.15 bits per heavy atom. The van der Waals surface area contributed by atoms with Crippen molar-refractivity contribution in [3.8, 4) is 5.75 Å². The maximum Gasteiger partial charge on any atom is 0.211 e. The smallest absolute Gasteiger partial charge is 0.211 e. The van der Waals surface area contributed by atoms with Gasteiger partial charge in [0.1, 0.15) is 17.7 Å². The zero-order chi connectivity index (χ0) is 18.2. The average Bonchev–Trinajstić information content (AvgIpc) is 3.16. The first-order chi connectivity index (χ1) is 12.7. The molecule has 0 saturated carbocycles. The summed E-state index contributed by atoms with van der Waals surface area (Å²) < 4.78 is 21.1. The number of anilines is 1. The van der Waals surface area contributed by atoms with Crippen molar-refractivity contribution in [1.82, 2.24) is 9.55 Å². The highest BCUT2D eigenvalue weighted by Gasteiger charge is 2.12. The van der Waals surface area contributed by atoms with Crippen LogP contribution in [0.1, 0.15) is 12.0 Å². The maximum absolute atomic E-state index is 13.1. The molecule has 2 aromatic carbocycles. The Kier molecular flexibility index (Phi) is 5.98. The van der Waals surface area contributed by atoms with E-state index in [1.54, 1.807) is 36.8 Å². The first kappa shape index (κ1) is 17.7. The number of aromatic nitrogens is 2. The second-order valence-corrected chi connectivity index (χ2v) is 5.95. The van der Waals surface area contributed by atoms with Crippen molar-refractivity contribution in [3.63, 3.8) is 0 Å². The summed E-state index contributed by atoms with van der Waals surface area (Å²) in [5.41, 5.74) is 1.78. The molecule has 1 heterocycles. The van der Waals surface area contributed by atoms with E-state index in [9.17, 15) is 9.18 Å². The summed E-state index contributed by atoms with van der Waals surface area (Å²) >= 11 is 0. The van der Waals surface area contributed by atoms with Gasteiger partial charge in [0, 0.05) is 18.1 Å². The lowest BCUT2D eigenvalue weighted by atomic mass is 10.1. The van der Waals surface area contributed by atoms with Crippen molar-refractivity contribution in [1.29, 1.82) is 0 Å². The standard InChI is InChI=1S/C20H20FN3O2/c21-17-4-1-16(2-5-17)3-8-20(13-24-12-11-22-14-24)26-19-9-6-18(7-10-19)23-15-25/h1-2,4-7,9-12,14-15,20H,3,8,13H2,(H,23,25). The summed E-state index contributed by atoms with van der Waals surface area (Å²) in [6, 6.07) is 13.8. The molecule has 3 aromatic rings. The minimum atomic E-state index is -0.232. The fourth-order valence-corrected chi connectivity index (χ4v) is 2.69. The molecule has 3 rings (SSSR count). The van der Waals surface area contributed by atoms with Crippen LogP contribution in [0.25, 0.3) is 0 Å². The van der Waals surface area contributed by atoms with Crippen LogP contribution >= 0.6 is 0 Å². The van der Waals surface area contributed by atoms with Gasteiger partial charge in [0.15, 0.2) is 0 Å². The predicted molar refractivity (Wildman–Crippen MR) is 97.5 cm³/mol. The number of benzene rings is 2. The third kappa shape index (κ3) is 5.17. The zero-order valence-corrected chi connectivity index (χ0v) is 14.2. The first-order valence-electron chi connectivity index (χ1n) is 8.40. The SMILES string of the molecule is O=CNc1ccc(OC(CCc2ccc(F)cc2)Cn2ccnc2)cc1. The van der Waals surface area contributed by atoms with Gasteiger partial charge in [-0.3, -0.25) is 4.79 Å². The highest BCUT2D eigenvalue weighted by molar-refractivity contribution is 5.71. The molecule has 1 unspecified atom stereocenters. The Morgan fingerprint density at radius 3 is 2.58 bits per heavy atom. The molecule has 0 aliphatic heterocycles. The lowest BCUT2D eigenvalue weighted by molar-refractivity contribution is -0.105. The van der Waals surface area contributed by atoms with Crippen LogP contribution in [0.3, 0.4) is 0 Å². The number of halogens is 1. The van der Waals surface area contributed by atoms with Crippen molar-refractivity contribution in [2.24, 2.45) is 0 Å². The van der Waals surface area contributed by atoms with Gasteiger partial charge in [-0.1, -0.05) is 12.1 Å². The summed E-state index contributed by atoms with van der Waals surface area (Å²) in [6.45, 7) is 0.662. The molecule has 0 saturated heterocycles. The number of hydrogen-bond acceptors (Lipinski definition) is 3. The van der Waals surface area contributed by atoms with Crippen LogP contribution in [-0.4, -0.2) is 22.1 Å². The van der Waals surface area contributed by atoms with Crippen molar-refractivity contribution in [3.05, 3.63) is 78.6 Å². The van der Waals surface area contributed by atoms with Crippen LogP contribution in [0.4, 0.5) is 10.1 Å². The summed E-state index contributed by atoms with van der Waals surface area (Å²) in [6.07, 6.45) is 7.51. The third-order valence-electron chi connectivity index (χ3n) is 4.02. The molecule has 0 fully saturated rings. The van der Waals surface area contributed by atoms with E-state index in [1.807, 2.05) is 22.9 Å². The topological polar surface area (TPSA) is 56.1 Å². The molecular weight excluding hydrogens is 333 g/mol. The Balaban J connectivity index is 1.65. The largest absolute Gasteiger partial charge is 0.489 e. The molecule has 0 radical (unpaired) electrons. The third-order valence-corrected chi connectivity index (χ3v) is 4.02. The van der Waals surface area contributed by atoms with Gasteiger partial charge in [-0.15, -0.1) is 0 Å². The van der Waals surface area contributed by atoms with Crippen LogP contribution in [-0.2, 0) is 17.8 Å². The number of imidazole rings is 1. The molecule has 0 aliphatic rings. The number of ether oxygens (including phenoxy) is 1. The van der Waals surface area contributed by atoms with Crippen LogP contribution in [0.5, 0.6) is 5.75 Å². The Morgan fingerprint density at radius 2 is 1.92 bits per heavy atom. The normalized spacial score (nSPS) is 11.7. The van der Waals surface area contributed by atoms with Crippen molar-refractivity contribution in [2.45, 2.75) is 25.5 Å². The summed E-state index contributed by atoms with van der Waals surface area (Å²) in [7, 11) is 0. The van der Waals surface area contributed by atoms with E-state index in [-0.39, 0.29) is 11.9 Å². The zero-order valence-electron chi connectivity index (χ0n) is 14.2. The molecule has 1 atom stereocenters. The number of amides is 1. The fraction of sp³-hybridized carbons (Fsp3) is 0.200. The van der Waals surface area contributed by atoms with E-state index in [1.165, 1.54) is 12.1 Å². The summed E-state index contributed by atoms with van der Waals surface area (Å²) in [5.74, 6) is 0.495. The van der Waals surface area contributed by atoms with E-state index < -0.39 is 0 Å². The molecule has 1 aromatic heterocycles. The van der Waals surface area contributed by atoms with Crippen molar-refractivity contribution < 1.29 is 13.9 Å². The van der Waals surface area contributed by atoms with Gasteiger partial charge in [-0.25, -0.2) is 9.37 Å². The van der Waals surface area contributed by atoms with E-state index >= 15 is 0 Å². The molecule has 134 valence electrons. The second kappa shape index (κ2) is 8.80. The quantitative estimate of drug-likeness (QED) is 0.597. The molecule has 6 heteroatoms. The first-order valence-corrected chi connectivity index (χ1v) is 8.40. The lowest BCUT2D eigenvalue weighted by Gasteiger charge is -2.20. The maximum atomic E-state index is 13.1. The van der Waals surface area contributed by atoms with E-state index in [0.717, 1.165) is 24.2 Å². The number of rotatable bonds is 9. The Bertz CT molecular complexity index is 802. The highest BCUT2D eigenvalue weighted by atomic mass is 19.1. The van der Waals surface area contributed by atoms with E-state index in [4.69, 9.17) is 4.74 Å².